The molecule has 362 valence electrons. The van der Waals surface area contributed by atoms with Gasteiger partial charge in [0.15, 0.2) is 6.10 Å². The average Bonchev–Trinajstić information content (AvgIpc) is 3.24. The molecule has 0 aromatic heterocycles. The summed E-state index contributed by atoms with van der Waals surface area (Å²) in [5.74, 6) is -1.21. The molecule has 0 heterocycles. The molecule has 0 radical (unpaired) electrons. The van der Waals surface area contributed by atoms with Crippen molar-refractivity contribution in [1.29, 1.82) is 0 Å². The van der Waals surface area contributed by atoms with Crippen LogP contribution in [0.5, 0.6) is 0 Å². The maximum Gasteiger partial charge on any atom is 0.472 e. The summed E-state index contributed by atoms with van der Waals surface area (Å²) in [4.78, 5) is 47.7. The van der Waals surface area contributed by atoms with Crippen molar-refractivity contribution in [3.8, 4) is 0 Å². The summed E-state index contributed by atoms with van der Waals surface area (Å²) in [5.41, 5.74) is 5.35. The van der Waals surface area contributed by atoms with E-state index in [9.17, 15) is 23.8 Å². The van der Waals surface area contributed by atoms with Crippen molar-refractivity contribution in [2.24, 2.45) is 5.73 Å². The monoisotopic (exact) mass is 895 g/mol. The Balaban J connectivity index is 4.50. The van der Waals surface area contributed by atoms with Gasteiger partial charge < -0.3 is 39.6 Å². The van der Waals surface area contributed by atoms with Crippen LogP contribution in [0.25, 0.3) is 0 Å². The molecule has 61 heavy (non-hydrogen) atoms. The van der Waals surface area contributed by atoms with Gasteiger partial charge in [-0.25, -0.2) is 4.57 Å². The Labute approximate surface area is 371 Å². The van der Waals surface area contributed by atoms with Crippen molar-refractivity contribution in [3.63, 3.8) is 0 Å². The largest absolute Gasteiger partial charge is 0.472 e. The third-order valence-electron chi connectivity index (χ3n) is 10.3. The zero-order valence-corrected chi connectivity index (χ0v) is 39.7. The van der Waals surface area contributed by atoms with Crippen LogP contribution in [0.15, 0.2) is 0 Å². The molecular weight excluding hydrogens is 803 g/mol. The Kier molecular flexibility index (Phi) is 45.1. The Morgan fingerprint density at radius 1 is 0.508 bits per heavy atom. The predicted octanol–water partition coefficient (Wildman–Crippen LogP) is 10.1. The first-order valence-electron chi connectivity index (χ1n) is 24.4. The Bertz CT molecular complexity index is 1040. The molecule has 1 amide bonds. The minimum Gasteiger partial charge on any atom is -0.462 e. The van der Waals surface area contributed by atoms with Crippen molar-refractivity contribution in [3.05, 3.63) is 0 Å². The van der Waals surface area contributed by atoms with E-state index in [1.807, 2.05) is 0 Å². The highest BCUT2D eigenvalue weighted by molar-refractivity contribution is 7.47. The molecule has 0 aliphatic carbocycles. The van der Waals surface area contributed by atoms with E-state index in [2.05, 4.69) is 19.2 Å². The van der Waals surface area contributed by atoms with E-state index in [0.29, 0.717) is 52.4 Å². The van der Waals surface area contributed by atoms with Crippen LogP contribution < -0.4 is 11.1 Å². The Morgan fingerprint density at radius 3 is 1.38 bits per heavy atom. The van der Waals surface area contributed by atoms with Crippen LogP contribution in [0, 0.1) is 0 Å². The normalized spacial score (nSPS) is 12.9. The van der Waals surface area contributed by atoms with Gasteiger partial charge in [0.2, 0.25) is 5.91 Å². The van der Waals surface area contributed by atoms with E-state index in [1.165, 1.54) is 116 Å². The first-order valence-corrected chi connectivity index (χ1v) is 25.9. The lowest BCUT2D eigenvalue weighted by Crippen LogP contribution is -2.30. The molecule has 0 fully saturated rings. The fourth-order valence-electron chi connectivity index (χ4n) is 6.64. The smallest absolute Gasteiger partial charge is 0.462 e. The van der Waals surface area contributed by atoms with E-state index >= 15 is 0 Å². The number of phosphoric ester groups is 1. The molecule has 0 bridgehead atoms. The summed E-state index contributed by atoms with van der Waals surface area (Å²) in [6, 6.07) is 0. The molecule has 0 aliphatic heterocycles. The second-order valence-electron chi connectivity index (χ2n) is 16.1. The van der Waals surface area contributed by atoms with Crippen molar-refractivity contribution >= 4 is 25.7 Å². The fourth-order valence-corrected chi connectivity index (χ4v) is 7.39. The molecule has 2 atom stereocenters. The molecule has 0 rings (SSSR count). The van der Waals surface area contributed by atoms with Gasteiger partial charge in [-0.1, -0.05) is 168 Å². The van der Waals surface area contributed by atoms with Crippen LogP contribution in [0.2, 0.25) is 0 Å². The number of ether oxygens (including phenoxy) is 5. The van der Waals surface area contributed by atoms with Crippen LogP contribution >= 0.6 is 7.82 Å². The molecular formula is C46H91N2O12P. The number of nitrogens with one attached hydrogen (secondary N) is 1. The number of phosphoric acid groups is 1. The number of unbranched alkanes of at least 4 members (excludes halogenated alkanes) is 24. The number of esters is 2. The number of carbonyl (C=O) groups is 3. The Hall–Kier alpha value is -1.64. The predicted molar refractivity (Wildman–Crippen MR) is 242 cm³/mol. The van der Waals surface area contributed by atoms with Crippen LogP contribution in [-0.2, 0) is 51.7 Å². The highest BCUT2D eigenvalue weighted by atomic mass is 31.2. The van der Waals surface area contributed by atoms with Crippen molar-refractivity contribution < 1.29 is 56.6 Å². The van der Waals surface area contributed by atoms with Crippen LogP contribution in [0.3, 0.4) is 0 Å². The molecule has 15 heteroatoms. The zero-order chi connectivity index (χ0) is 44.8. The average molecular weight is 895 g/mol. The lowest BCUT2D eigenvalue weighted by molar-refractivity contribution is -0.161. The number of amides is 1. The number of hydrogen-bond donors (Lipinski definition) is 3. The minimum atomic E-state index is -4.58. The number of hydrogen-bond acceptors (Lipinski definition) is 12. The molecule has 14 nitrogen and oxygen atoms in total. The first kappa shape index (κ1) is 59.4. The second kappa shape index (κ2) is 46.4. The third kappa shape index (κ3) is 46.2. The van der Waals surface area contributed by atoms with E-state index < -0.39 is 32.5 Å². The van der Waals surface area contributed by atoms with E-state index in [0.717, 1.165) is 38.5 Å². The molecule has 4 N–H and O–H groups in total. The van der Waals surface area contributed by atoms with Crippen molar-refractivity contribution in [1.82, 2.24) is 5.32 Å². The molecule has 0 saturated carbocycles. The van der Waals surface area contributed by atoms with Gasteiger partial charge in [-0.05, 0) is 12.8 Å². The quantitative estimate of drug-likeness (QED) is 0.0297. The maximum atomic E-state index is 12.7. The van der Waals surface area contributed by atoms with Crippen LogP contribution in [-0.4, -0.2) is 101 Å². The number of carbonyl (C=O) groups excluding carboxylic acids is 3. The van der Waals surface area contributed by atoms with Gasteiger partial charge in [-0.2, -0.15) is 0 Å². The van der Waals surface area contributed by atoms with Crippen LogP contribution in [0.1, 0.15) is 200 Å². The molecule has 0 aromatic rings. The molecule has 0 aromatic carbocycles. The molecule has 0 aliphatic rings. The lowest BCUT2D eigenvalue weighted by atomic mass is 10.0. The van der Waals surface area contributed by atoms with Gasteiger partial charge in [-0.15, -0.1) is 0 Å². The topological polar surface area (TPSA) is 191 Å². The van der Waals surface area contributed by atoms with Crippen LogP contribution in [0.4, 0.5) is 0 Å². The van der Waals surface area contributed by atoms with Gasteiger partial charge in [0.05, 0.1) is 52.9 Å². The summed E-state index contributed by atoms with van der Waals surface area (Å²) >= 11 is 0. The van der Waals surface area contributed by atoms with Gasteiger partial charge in [0.1, 0.15) is 6.61 Å². The summed E-state index contributed by atoms with van der Waals surface area (Å²) in [7, 11) is -4.58. The van der Waals surface area contributed by atoms with E-state index in [-0.39, 0.29) is 51.5 Å². The maximum absolute atomic E-state index is 12.7. The van der Waals surface area contributed by atoms with Gasteiger partial charge in [0, 0.05) is 32.4 Å². The molecule has 0 saturated heterocycles. The molecule has 0 spiro atoms. The highest BCUT2D eigenvalue weighted by Crippen LogP contribution is 2.43. The zero-order valence-electron chi connectivity index (χ0n) is 38.8. The van der Waals surface area contributed by atoms with E-state index in [4.69, 9.17) is 38.5 Å². The second-order valence-corrected chi connectivity index (χ2v) is 17.6. The van der Waals surface area contributed by atoms with Gasteiger partial charge in [0.25, 0.3) is 0 Å². The number of rotatable bonds is 49. The molecule has 1 unspecified atom stereocenters. The van der Waals surface area contributed by atoms with Gasteiger partial charge >= 0.3 is 19.8 Å². The van der Waals surface area contributed by atoms with Crippen molar-refractivity contribution in [2.75, 3.05) is 72.6 Å². The SMILES string of the molecule is CCCCCCCCCCCCCCCC(=O)OC[C@H](COP(=O)(O)OCCNC(=O)CCOCCOCCOCCN)OC(=O)CCCCCCCCCCCCCCC. The third-order valence-corrected chi connectivity index (χ3v) is 11.3. The standard InChI is InChI=1S/C46H91N2O12P/c1-3-5-7-9-11-13-15-17-19-21-23-25-27-29-45(50)57-41-43(60-46(51)30-28-26-24-22-20-18-16-14-12-10-8-6-4-2)42-59-61(52,53)58-36-33-48-44(49)31-34-54-37-39-56-40-38-55-35-32-47/h43H,3-42,47H2,1-2H3,(H,48,49)(H,52,53)/t43-/m1/s1. The highest BCUT2D eigenvalue weighted by Gasteiger charge is 2.26. The summed E-state index contributed by atoms with van der Waals surface area (Å²) < 4.78 is 49.7. The fraction of sp³-hybridized carbons (Fsp3) is 0.935. The number of nitrogens with two attached hydrogens (primary N) is 1. The van der Waals surface area contributed by atoms with E-state index in [1.54, 1.807) is 0 Å². The minimum absolute atomic E-state index is 0.0347. The summed E-state index contributed by atoms with van der Waals surface area (Å²) in [6.07, 6.45) is 30.6. The summed E-state index contributed by atoms with van der Waals surface area (Å²) in [6.45, 7) is 6.07. The van der Waals surface area contributed by atoms with Gasteiger partial charge in [-0.3, -0.25) is 23.4 Å². The summed E-state index contributed by atoms with van der Waals surface area (Å²) in [5, 5.41) is 2.59. The van der Waals surface area contributed by atoms with Crippen molar-refractivity contribution in [2.45, 2.75) is 206 Å². The first-order chi connectivity index (χ1) is 29.7. The Morgan fingerprint density at radius 2 is 0.918 bits per heavy atom. The lowest BCUT2D eigenvalue weighted by Gasteiger charge is -2.20.